The first kappa shape index (κ1) is 12.9. The van der Waals surface area contributed by atoms with Crippen molar-refractivity contribution >= 4 is 0 Å². The average molecular weight is 214 g/mol. The highest BCUT2D eigenvalue weighted by Crippen LogP contribution is 2.15. The van der Waals surface area contributed by atoms with Crippen LogP contribution < -0.4 is 10.6 Å². The van der Waals surface area contributed by atoms with E-state index in [1.807, 2.05) is 0 Å². The summed E-state index contributed by atoms with van der Waals surface area (Å²) in [4.78, 5) is 0. The summed E-state index contributed by atoms with van der Waals surface area (Å²) in [7, 11) is 0. The number of hydrogen-bond donors (Lipinski definition) is 3. The molecule has 3 nitrogen and oxygen atoms in total. The molecule has 1 saturated heterocycles. The fraction of sp³-hybridized carbons (Fsp3) is 1.00. The Balaban J connectivity index is 2.31. The third-order valence-corrected chi connectivity index (χ3v) is 3.79. The zero-order chi connectivity index (χ0) is 11.1. The van der Waals surface area contributed by atoms with E-state index in [-0.39, 0.29) is 12.1 Å². The monoisotopic (exact) mass is 214 g/mol. The first-order valence-corrected chi connectivity index (χ1v) is 6.35. The maximum atomic E-state index is 9.42. The normalized spacial score (nSPS) is 23.0. The topological polar surface area (TPSA) is 44.3 Å². The Morgan fingerprint density at radius 3 is 2.53 bits per heavy atom. The smallest absolute Gasteiger partial charge is 0.0613 e. The highest BCUT2D eigenvalue weighted by atomic mass is 16.3. The van der Waals surface area contributed by atoms with Crippen LogP contribution in [0.25, 0.3) is 0 Å². The molecule has 1 aliphatic rings. The quantitative estimate of drug-likeness (QED) is 0.624. The van der Waals surface area contributed by atoms with Gasteiger partial charge in [-0.3, -0.25) is 0 Å². The second-order valence-electron chi connectivity index (χ2n) is 4.67. The third kappa shape index (κ3) is 3.74. The lowest BCUT2D eigenvalue weighted by Gasteiger charge is -2.34. The number of nitrogens with one attached hydrogen (secondary N) is 2. The van der Waals surface area contributed by atoms with Gasteiger partial charge in [-0.25, -0.2) is 0 Å². The summed E-state index contributed by atoms with van der Waals surface area (Å²) < 4.78 is 0. The second-order valence-corrected chi connectivity index (χ2v) is 4.67. The third-order valence-electron chi connectivity index (χ3n) is 3.79. The molecule has 0 aromatic rings. The number of rotatable bonds is 6. The van der Waals surface area contributed by atoms with Crippen LogP contribution in [-0.4, -0.2) is 36.4 Å². The minimum absolute atomic E-state index is 0.0564. The van der Waals surface area contributed by atoms with Crippen molar-refractivity contribution in [2.75, 3.05) is 19.7 Å². The van der Waals surface area contributed by atoms with Crippen LogP contribution in [0, 0.1) is 0 Å². The maximum Gasteiger partial charge on any atom is 0.0613 e. The van der Waals surface area contributed by atoms with Crippen LogP contribution in [0.2, 0.25) is 0 Å². The van der Waals surface area contributed by atoms with Crippen molar-refractivity contribution in [3.63, 3.8) is 0 Å². The fourth-order valence-corrected chi connectivity index (χ4v) is 2.22. The minimum Gasteiger partial charge on any atom is -0.394 e. The van der Waals surface area contributed by atoms with Crippen molar-refractivity contribution in [1.82, 2.24) is 10.6 Å². The van der Waals surface area contributed by atoms with Crippen molar-refractivity contribution in [2.24, 2.45) is 0 Å². The molecule has 1 fully saturated rings. The van der Waals surface area contributed by atoms with Gasteiger partial charge in [-0.05, 0) is 32.2 Å². The Morgan fingerprint density at radius 1 is 1.33 bits per heavy atom. The van der Waals surface area contributed by atoms with Crippen molar-refractivity contribution in [3.8, 4) is 0 Å². The standard InChI is InChI=1S/C12H26N2O/c1-3-12(4-2,10-15)14-9-11-7-5-6-8-13-11/h11,13-15H,3-10H2,1-2H3. The number of aliphatic hydroxyl groups excluding tert-OH is 1. The summed E-state index contributed by atoms with van der Waals surface area (Å²) in [5.41, 5.74) is -0.0564. The number of aliphatic hydroxyl groups is 1. The molecule has 0 radical (unpaired) electrons. The zero-order valence-corrected chi connectivity index (χ0v) is 10.2. The van der Waals surface area contributed by atoms with Gasteiger partial charge < -0.3 is 15.7 Å². The van der Waals surface area contributed by atoms with E-state index in [1.165, 1.54) is 19.3 Å². The van der Waals surface area contributed by atoms with Gasteiger partial charge in [0.05, 0.1) is 6.61 Å². The molecule has 0 saturated carbocycles. The van der Waals surface area contributed by atoms with E-state index in [2.05, 4.69) is 24.5 Å². The van der Waals surface area contributed by atoms with E-state index < -0.39 is 0 Å². The van der Waals surface area contributed by atoms with Gasteiger partial charge in [0.1, 0.15) is 0 Å². The lowest BCUT2D eigenvalue weighted by Crippen LogP contribution is -2.53. The van der Waals surface area contributed by atoms with Crippen LogP contribution in [0.4, 0.5) is 0 Å². The highest BCUT2D eigenvalue weighted by molar-refractivity contribution is 4.87. The molecule has 0 bridgehead atoms. The van der Waals surface area contributed by atoms with Gasteiger partial charge in [0.2, 0.25) is 0 Å². The molecule has 3 heteroatoms. The molecule has 1 rings (SSSR count). The molecule has 1 atom stereocenters. The first-order chi connectivity index (χ1) is 7.26. The molecule has 1 unspecified atom stereocenters. The summed E-state index contributed by atoms with van der Waals surface area (Å²) in [5.74, 6) is 0. The average Bonchev–Trinajstić information content (AvgIpc) is 2.33. The molecule has 90 valence electrons. The largest absolute Gasteiger partial charge is 0.394 e. The molecule has 15 heavy (non-hydrogen) atoms. The van der Waals surface area contributed by atoms with Gasteiger partial charge in [-0.2, -0.15) is 0 Å². The Bertz CT molecular complexity index is 155. The van der Waals surface area contributed by atoms with Crippen molar-refractivity contribution in [2.45, 2.75) is 57.5 Å². The number of piperidine rings is 1. The zero-order valence-electron chi connectivity index (χ0n) is 10.2. The molecule has 1 heterocycles. The predicted octanol–water partition coefficient (Wildman–Crippen LogP) is 1.27. The SMILES string of the molecule is CCC(CC)(CO)NCC1CCCCN1. The summed E-state index contributed by atoms with van der Waals surface area (Å²) in [6, 6.07) is 0.600. The number of hydrogen-bond acceptors (Lipinski definition) is 3. The van der Waals surface area contributed by atoms with Gasteiger partial charge in [-0.1, -0.05) is 20.3 Å². The molecular weight excluding hydrogens is 188 g/mol. The summed E-state index contributed by atoms with van der Waals surface area (Å²) >= 11 is 0. The van der Waals surface area contributed by atoms with E-state index >= 15 is 0 Å². The van der Waals surface area contributed by atoms with Crippen LogP contribution in [0.5, 0.6) is 0 Å². The van der Waals surface area contributed by atoms with E-state index in [9.17, 15) is 5.11 Å². The Kier molecular flexibility index (Phi) is 5.58. The van der Waals surface area contributed by atoms with Crippen molar-refractivity contribution in [1.29, 1.82) is 0 Å². The van der Waals surface area contributed by atoms with Gasteiger partial charge in [0.25, 0.3) is 0 Å². The van der Waals surface area contributed by atoms with Gasteiger partial charge in [0, 0.05) is 18.1 Å². The molecule has 0 aromatic carbocycles. The molecule has 0 amide bonds. The van der Waals surface area contributed by atoms with Crippen LogP contribution in [0.3, 0.4) is 0 Å². The Hall–Kier alpha value is -0.120. The summed E-state index contributed by atoms with van der Waals surface area (Å²) in [6.07, 6.45) is 5.90. The predicted molar refractivity (Wildman–Crippen MR) is 64.0 cm³/mol. The van der Waals surface area contributed by atoms with E-state index in [4.69, 9.17) is 0 Å². The summed E-state index contributed by atoms with van der Waals surface area (Å²) in [6.45, 7) is 6.66. The van der Waals surface area contributed by atoms with Crippen LogP contribution in [-0.2, 0) is 0 Å². The van der Waals surface area contributed by atoms with Gasteiger partial charge in [-0.15, -0.1) is 0 Å². The Morgan fingerprint density at radius 2 is 2.07 bits per heavy atom. The molecule has 0 aromatic heterocycles. The highest BCUT2D eigenvalue weighted by Gasteiger charge is 2.25. The molecule has 3 N–H and O–H groups in total. The summed E-state index contributed by atoms with van der Waals surface area (Å²) in [5, 5.41) is 16.5. The lowest BCUT2D eigenvalue weighted by molar-refractivity contribution is 0.145. The fourth-order valence-electron chi connectivity index (χ4n) is 2.22. The van der Waals surface area contributed by atoms with Gasteiger partial charge >= 0.3 is 0 Å². The van der Waals surface area contributed by atoms with Crippen molar-refractivity contribution < 1.29 is 5.11 Å². The van der Waals surface area contributed by atoms with Crippen LogP contribution >= 0.6 is 0 Å². The lowest BCUT2D eigenvalue weighted by atomic mass is 9.93. The minimum atomic E-state index is -0.0564. The molecule has 0 spiro atoms. The first-order valence-electron chi connectivity index (χ1n) is 6.35. The maximum absolute atomic E-state index is 9.42. The van der Waals surface area contributed by atoms with E-state index in [0.717, 1.165) is 25.9 Å². The second kappa shape index (κ2) is 6.46. The van der Waals surface area contributed by atoms with E-state index in [0.29, 0.717) is 6.04 Å². The Labute approximate surface area is 93.6 Å². The van der Waals surface area contributed by atoms with Crippen LogP contribution in [0.15, 0.2) is 0 Å². The molecular formula is C12H26N2O. The molecule has 0 aliphatic carbocycles. The van der Waals surface area contributed by atoms with E-state index in [1.54, 1.807) is 0 Å². The molecule has 1 aliphatic heterocycles. The van der Waals surface area contributed by atoms with Crippen LogP contribution in [0.1, 0.15) is 46.0 Å². The van der Waals surface area contributed by atoms with Crippen molar-refractivity contribution in [3.05, 3.63) is 0 Å². The van der Waals surface area contributed by atoms with Gasteiger partial charge in [0.15, 0.2) is 0 Å².